The molecular weight excluding hydrogens is 190 g/mol. The molecule has 1 rings (SSSR count). The van der Waals surface area contributed by atoms with Gasteiger partial charge < -0.3 is 4.74 Å². The highest BCUT2D eigenvalue weighted by atomic mass is 35.5. The molecule has 1 aromatic rings. The highest BCUT2D eigenvalue weighted by Crippen LogP contribution is 2.11. The molecule has 0 aliphatic carbocycles. The highest BCUT2D eigenvalue weighted by molar-refractivity contribution is 6.29. The molecular formula is C9H10ClNO2. The zero-order valence-corrected chi connectivity index (χ0v) is 8.26. The molecule has 70 valence electrons. The van der Waals surface area contributed by atoms with Gasteiger partial charge in [-0.3, -0.25) is 4.79 Å². The maximum Gasteiger partial charge on any atom is 0.310 e. The van der Waals surface area contributed by atoms with E-state index < -0.39 is 0 Å². The summed E-state index contributed by atoms with van der Waals surface area (Å²) in [7, 11) is 1.36. The minimum Gasteiger partial charge on any atom is -0.469 e. The SMILES string of the molecule is COC(=O)Cc1ccc(Cl)nc1C. The molecule has 0 fully saturated rings. The van der Waals surface area contributed by atoms with E-state index in [1.807, 2.05) is 6.92 Å². The van der Waals surface area contributed by atoms with Gasteiger partial charge in [-0.1, -0.05) is 17.7 Å². The normalized spacial score (nSPS) is 9.77. The maximum atomic E-state index is 10.9. The number of carbonyl (C=O) groups excluding carboxylic acids is 1. The molecule has 0 radical (unpaired) electrons. The first-order chi connectivity index (χ1) is 6.13. The monoisotopic (exact) mass is 199 g/mol. The second-order valence-corrected chi connectivity index (χ2v) is 3.02. The summed E-state index contributed by atoms with van der Waals surface area (Å²) in [6.07, 6.45) is 0.243. The lowest BCUT2D eigenvalue weighted by atomic mass is 10.1. The second kappa shape index (κ2) is 4.23. The average Bonchev–Trinajstić information content (AvgIpc) is 2.09. The second-order valence-electron chi connectivity index (χ2n) is 2.63. The number of esters is 1. The van der Waals surface area contributed by atoms with Crippen molar-refractivity contribution >= 4 is 17.6 Å². The third-order valence-corrected chi connectivity index (χ3v) is 1.93. The quantitative estimate of drug-likeness (QED) is 0.538. The number of methoxy groups -OCH3 is 1. The number of ether oxygens (including phenoxy) is 1. The summed E-state index contributed by atoms with van der Waals surface area (Å²) in [4.78, 5) is 15.0. The Balaban J connectivity index is 2.83. The summed E-state index contributed by atoms with van der Waals surface area (Å²) in [6, 6.07) is 3.44. The van der Waals surface area contributed by atoms with Crippen LogP contribution in [0.3, 0.4) is 0 Å². The Morgan fingerprint density at radius 2 is 2.31 bits per heavy atom. The Morgan fingerprint density at radius 1 is 1.62 bits per heavy atom. The predicted molar refractivity (Wildman–Crippen MR) is 49.7 cm³/mol. The first kappa shape index (κ1) is 9.99. The third-order valence-electron chi connectivity index (χ3n) is 1.72. The number of aromatic nitrogens is 1. The summed E-state index contributed by atoms with van der Waals surface area (Å²) in [5.41, 5.74) is 1.61. The molecule has 0 saturated carbocycles. The number of hydrogen-bond donors (Lipinski definition) is 0. The highest BCUT2D eigenvalue weighted by Gasteiger charge is 2.06. The molecule has 0 aliphatic heterocycles. The van der Waals surface area contributed by atoms with Crippen LogP contribution in [0.4, 0.5) is 0 Å². The fraction of sp³-hybridized carbons (Fsp3) is 0.333. The molecule has 13 heavy (non-hydrogen) atoms. The lowest BCUT2D eigenvalue weighted by Gasteiger charge is -2.03. The van der Waals surface area contributed by atoms with Crippen LogP contribution < -0.4 is 0 Å². The molecule has 0 aromatic carbocycles. The maximum absolute atomic E-state index is 10.9. The molecule has 0 aliphatic rings. The van der Waals surface area contributed by atoms with Crippen LogP contribution in [0.1, 0.15) is 11.3 Å². The van der Waals surface area contributed by atoms with Gasteiger partial charge >= 0.3 is 5.97 Å². The van der Waals surface area contributed by atoms with Crippen molar-refractivity contribution in [2.24, 2.45) is 0 Å². The van der Waals surface area contributed by atoms with E-state index in [9.17, 15) is 4.79 Å². The van der Waals surface area contributed by atoms with E-state index in [-0.39, 0.29) is 12.4 Å². The van der Waals surface area contributed by atoms with Gasteiger partial charge in [-0.25, -0.2) is 4.98 Å². The zero-order chi connectivity index (χ0) is 9.84. The van der Waals surface area contributed by atoms with Crippen molar-refractivity contribution in [3.8, 4) is 0 Å². The van der Waals surface area contributed by atoms with E-state index in [1.54, 1.807) is 12.1 Å². The van der Waals surface area contributed by atoms with Crippen LogP contribution in [0.25, 0.3) is 0 Å². The number of rotatable bonds is 2. The zero-order valence-electron chi connectivity index (χ0n) is 7.50. The van der Waals surface area contributed by atoms with Gasteiger partial charge in [0.2, 0.25) is 0 Å². The van der Waals surface area contributed by atoms with Gasteiger partial charge in [0.05, 0.1) is 13.5 Å². The largest absolute Gasteiger partial charge is 0.469 e. The summed E-state index contributed by atoms with van der Waals surface area (Å²) < 4.78 is 4.54. The van der Waals surface area contributed by atoms with Gasteiger partial charge in [0.15, 0.2) is 0 Å². The van der Waals surface area contributed by atoms with E-state index in [4.69, 9.17) is 11.6 Å². The Labute approximate surface area is 81.7 Å². The Morgan fingerprint density at radius 3 is 2.85 bits per heavy atom. The molecule has 1 aromatic heterocycles. The summed E-state index contributed by atoms with van der Waals surface area (Å²) >= 11 is 5.66. The van der Waals surface area contributed by atoms with Gasteiger partial charge in [0, 0.05) is 5.69 Å². The number of hydrogen-bond acceptors (Lipinski definition) is 3. The van der Waals surface area contributed by atoms with Crippen molar-refractivity contribution in [1.82, 2.24) is 4.98 Å². The van der Waals surface area contributed by atoms with Crippen molar-refractivity contribution < 1.29 is 9.53 Å². The predicted octanol–water partition coefficient (Wildman–Crippen LogP) is 1.76. The Kier molecular flexibility index (Phi) is 3.25. The van der Waals surface area contributed by atoms with Gasteiger partial charge in [0.25, 0.3) is 0 Å². The molecule has 0 bridgehead atoms. The van der Waals surface area contributed by atoms with Gasteiger partial charge in [-0.2, -0.15) is 0 Å². The van der Waals surface area contributed by atoms with E-state index in [2.05, 4.69) is 9.72 Å². The number of aryl methyl sites for hydroxylation is 1. The fourth-order valence-corrected chi connectivity index (χ4v) is 1.16. The molecule has 0 unspecified atom stereocenters. The first-order valence-corrected chi connectivity index (χ1v) is 4.20. The summed E-state index contributed by atoms with van der Waals surface area (Å²) in [6.45, 7) is 1.81. The lowest BCUT2D eigenvalue weighted by Crippen LogP contribution is -2.06. The minimum absolute atomic E-state index is 0.243. The van der Waals surface area contributed by atoms with Crippen molar-refractivity contribution in [2.75, 3.05) is 7.11 Å². The van der Waals surface area contributed by atoms with Crippen molar-refractivity contribution in [3.63, 3.8) is 0 Å². The van der Waals surface area contributed by atoms with E-state index in [1.165, 1.54) is 7.11 Å². The molecule has 0 N–H and O–H groups in total. The van der Waals surface area contributed by atoms with Gasteiger partial charge in [-0.15, -0.1) is 0 Å². The number of pyridine rings is 1. The average molecular weight is 200 g/mol. The van der Waals surface area contributed by atoms with Crippen LogP contribution in [0, 0.1) is 6.92 Å². The van der Waals surface area contributed by atoms with Crippen molar-refractivity contribution in [3.05, 3.63) is 28.5 Å². The summed E-state index contributed by atoms with van der Waals surface area (Å²) in [5, 5.41) is 0.436. The molecule has 0 saturated heterocycles. The van der Waals surface area contributed by atoms with Crippen molar-refractivity contribution in [2.45, 2.75) is 13.3 Å². The van der Waals surface area contributed by atoms with Crippen LogP contribution in [0.5, 0.6) is 0 Å². The van der Waals surface area contributed by atoms with Crippen LogP contribution in [0.15, 0.2) is 12.1 Å². The molecule has 0 amide bonds. The van der Waals surface area contributed by atoms with Gasteiger partial charge in [0.1, 0.15) is 5.15 Å². The molecule has 1 heterocycles. The van der Waals surface area contributed by atoms with Crippen LogP contribution in [-0.2, 0) is 16.0 Å². The minimum atomic E-state index is -0.271. The van der Waals surface area contributed by atoms with E-state index >= 15 is 0 Å². The molecule has 0 atom stereocenters. The number of nitrogens with zero attached hydrogens (tertiary/aromatic N) is 1. The smallest absolute Gasteiger partial charge is 0.310 e. The Hall–Kier alpha value is -1.09. The molecule has 0 spiro atoms. The van der Waals surface area contributed by atoms with Crippen LogP contribution >= 0.6 is 11.6 Å². The molecule has 4 heteroatoms. The number of halogens is 1. The van der Waals surface area contributed by atoms with Crippen LogP contribution in [-0.4, -0.2) is 18.1 Å². The standard InChI is InChI=1S/C9H10ClNO2/c1-6-7(5-9(12)13-2)3-4-8(10)11-6/h3-4H,5H2,1-2H3. The summed E-state index contributed by atoms with van der Waals surface area (Å²) in [5.74, 6) is -0.271. The number of carbonyl (C=O) groups is 1. The van der Waals surface area contributed by atoms with E-state index in [0.717, 1.165) is 11.3 Å². The molecule has 3 nitrogen and oxygen atoms in total. The fourth-order valence-electron chi connectivity index (χ4n) is 0.974. The lowest BCUT2D eigenvalue weighted by molar-refractivity contribution is -0.139. The first-order valence-electron chi connectivity index (χ1n) is 3.82. The van der Waals surface area contributed by atoms with E-state index in [0.29, 0.717) is 5.15 Å². The third kappa shape index (κ3) is 2.70. The van der Waals surface area contributed by atoms with Crippen molar-refractivity contribution in [1.29, 1.82) is 0 Å². The van der Waals surface area contributed by atoms with Crippen LogP contribution in [0.2, 0.25) is 5.15 Å². The van der Waals surface area contributed by atoms with Gasteiger partial charge in [-0.05, 0) is 18.6 Å². The Bertz CT molecular complexity index is 325. The topological polar surface area (TPSA) is 39.2 Å².